The van der Waals surface area contributed by atoms with Gasteiger partial charge in [-0.2, -0.15) is 5.10 Å². The molecule has 1 aromatic carbocycles. The lowest BCUT2D eigenvalue weighted by molar-refractivity contribution is 0.103. The fourth-order valence-corrected chi connectivity index (χ4v) is 2.83. The Balaban J connectivity index is 1.73. The van der Waals surface area contributed by atoms with E-state index in [1.54, 1.807) is 0 Å². The van der Waals surface area contributed by atoms with Crippen molar-refractivity contribution in [1.29, 1.82) is 0 Å². The number of aromatic nitrogens is 2. The van der Waals surface area contributed by atoms with E-state index in [9.17, 15) is 4.79 Å². The highest BCUT2D eigenvalue weighted by molar-refractivity contribution is 5.65. The summed E-state index contributed by atoms with van der Waals surface area (Å²) in [6, 6.07) is 10.2. The van der Waals surface area contributed by atoms with E-state index >= 15 is 0 Å². The Bertz CT molecular complexity index is 645. The number of aryl methyl sites for hydroxylation is 1. The van der Waals surface area contributed by atoms with E-state index in [4.69, 9.17) is 5.11 Å². The molecule has 6 nitrogen and oxygen atoms in total. The van der Waals surface area contributed by atoms with Crippen LogP contribution in [0.5, 0.6) is 0 Å². The molecular weight excluding hydrogens is 280 g/mol. The zero-order valence-corrected chi connectivity index (χ0v) is 12.6. The smallest absolute Gasteiger partial charge is 0.407 e. The third kappa shape index (κ3) is 3.12. The minimum Gasteiger partial charge on any atom is -0.465 e. The standard InChI is InChI=1S/C16H20N4O2/c1-18-11-14(15(17-18)13-5-3-2-4-6-13)12-19-7-9-20(10-8-19)16(21)22/h2-6,11H,7-10,12H2,1H3,(H,21,22). The van der Waals surface area contributed by atoms with Gasteiger partial charge >= 0.3 is 6.09 Å². The first-order valence-corrected chi connectivity index (χ1v) is 7.41. The quantitative estimate of drug-likeness (QED) is 0.940. The summed E-state index contributed by atoms with van der Waals surface area (Å²) in [6.45, 7) is 3.45. The average Bonchev–Trinajstić information content (AvgIpc) is 2.89. The summed E-state index contributed by atoms with van der Waals surface area (Å²) in [5, 5.41) is 13.6. The summed E-state index contributed by atoms with van der Waals surface area (Å²) in [5.74, 6) is 0. The van der Waals surface area contributed by atoms with Gasteiger partial charge in [0.2, 0.25) is 0 Å². The number of benzene rings is 1. The summed E-state index contributed by atoms with van der Waals surface area (Å²) in [7, 11) is 1.93. The maximum absolute atomic E-state index is 11.0. The van der Waals surface area contributed by atoms with Crippen LogP contribution in [0.15, 0.2) is 36.5 Å². The van der Waals surface area contributed by atoms with Gasteiger partial charge in [-0.05, 0) is 0 Å². The third-order valence-electron chi connectivity index (χ3n) is 3.99. The highest BCUT2D eigenvalue weighted by atomic mass is 16.4. The lowest BCUT2D eigenvalue weighted by atomic mass is 10.1. The number of amides is 1. The van der Waals surface area contributed by atoms with Crippen molar-refractivity contribution in [3.05, 3.63) is 42.1 Å². The second-order valence-electron chi connectivity index (χ2n) is 5.59. The van der Waals surface area contributed by atoms with E-state index in [1.165, 1.54) is 10.5 Å². The van der Waals surface area contributed by atoms with E-state index in [2.05, 4.69) is 22.1 Å². The van der Waals surface area contributed by atoms with Gasteiger partial charge in [0.25, 0.3) is 0 Å². The van der Waals surface area contributed by atoms with Crippen molar-refractivity contribution in [3.8, 4) is 11.3 Å². The van der Waals surface area contributed by atoms with Crippen molar-refractivity contribution in [3.63, 3.8) is 0 Å². The first-order chi connectivity index (χ1) is 10.6. The van der Waals surface area contributed by atoms with Gasteiger partial charge in [0, 0.05) is 57.1 Å². The lowest BCUT2D eigenvalue weighted by Crippen LogP contribution is -2.47. The summed E-state index contributed by atoms with van der Waals surface area (Å²) in [5.41, 5.74) is 3.29. The van der Waals surface area contributed by atoms with Crippen LogP contribution in [-0.4, -0.2) is 57.0 Å². The predicted octanol–water partition coefficient (Wildman–Crippen LogP) is 1.88. The van der Waals surface area contributed by atoms with Gasteiger partial charge < -0.3 is 10.0 Å². The molecule has 1 fully saturated rings. The molecule has 116 valence electrons. The summed E-state index contributed by atoms with van der Waals surface area (Å²) in [4.78, 5) is 14.7. The highest BCUT2D eigenvalue weighted by Crippen LogP contribution is 2.23. The zero-order chi connectivity index (χ0) is 15.5. The van der Waals surface area contributed by atoms with E-state index < -0.39 is 6.09 Å². The SMILES string of the molecule is Cn1cc(CN2CCN(C(=O)O)CC2)c(-c2ccccc2)n1. The van der Waals surface area contributed by atoms with Crippen LogP contribution in [0.2, 0.25) is 0 Å². The van der Waals surface area contributed by atoms with Gasteiger partial charge in [0.05, 0.1) is 5.69 Å². The molecule has 1 saturated heterocycles. The molecule has 0 unspecified atom stereocenters. The van der Waals surface area contributed by atoms with Crippen molar-refractivity contribution < 1.29 is 9.90 Å². The third-order valence-corrected chi connectivity index (χ3v) is 3.99. The van der Waals surface area contributed by atoms with Crippen LogP contribution >= 0.6 is 0 Å². The molecule has 22 heavy (non-hydrogen) atoms. The monoisotopic (exact) mass is 300 g/mol. The molecule has 3 rings (SSSR count). The van der Waals surface area contributed by atoms with Crippen molar-refractivity contribution in [2.45, 2.75) is 6.54 Å². The first kappa shape index (κ1) is 14.6. The molecule has 2 aromatic rings. The topological polar surface area (TPSA) is 61.6 Å². The summed E-state index contributed by atoms with van der Waals surface area (Å²) >= 11 is 0. The molecule has 1 aliphatic heterocycles. The predicted molar refractivity (Wildman–Crippen MR) is 83.5 cm³/mol. The minimum absolute atomic E-state index is 0.566. The van der Waals surface area contributed by atoms with Crippen LogP contribution in [-0.2, 0) is 13.6 Å². The Morgan fingerprint density at radius 1 is 1.18 bits per heavy atom. The average molecular weight is 300 g/mol. The molecule has 1 amide bonds. The molecule has 0 atom stereocenters. The lowest BCUT2D eigenvalue weighted by Gasteiger charge is -2.32. The largest absolute Gasteiger partial charge is 0.465 e. The van der Waals surface area contributed by atoms with Crippen LogP contribution in [0.4, 0.5) is 4.79 Å². The van der Waals surface area contributed by atoms with Gasteiger partial charge in [0.1, 0.15) is 0 Å². The van der Waals surface area contributed by atoms with Crippen molar-refractivity contribution in [2.75, 3.05) is 26.2 Å². The Kier molecular flexibility index (Phi) is 4.11. The second kappa shape index (κ2) is 6.19. The molecule has 1 N–H and O–H groups in total. The second-order valence-corrected chi connectivity index (χ2v) is 5.59. The molecule has 2 heterocycles. The van der Waals surface area contributed by atoms with Crippen LogP contribution in [0, 0.1) is 0 Å². The molecule has 1 aromatic heterocycles. The first-order valence-electron chi connectivity index (χ1n) is 7.41. The van der Waals surface area contributed by atoms with Crippen LogP contribution < -0.4 is 0 Å². The van der Waals surface area contributed by atoms with Crippen molar-refractivity contribution >= 4 is 6.09 Å². The Labute approximate surface area is 129 Å². The van der Waals surface area contributed by atoms with E-state index in [0.29, 0.717) is 13.1 Å². The molecule has 0 bridgehead atoms. The molecule has 6 heteroatoms. The Morgan fingerprint density at radius 2 is 1.86 bits per heavy atom. The van der Waals surface area contributed by atoms with Gasteiger partial charge in [-0.25, -0.2) is 4.79 Å². The van der Waals surface area contributed by atoms with E-state index in [0.717, 1.165) is 30.9 Å². The van der Waals surface area contributed by atoms with Crippen LogP contribution in [0.3, 0.4) is 0 Å². The number of rotatable bonds is 3. The molecule has 0 radical (unpaired) electrons. The van der Waals surface area contributed by atoms with Crippen molar-refractivity contribution in [1.82, 2.24) is 19.6 Å². The number of nitrogens with zero attached hydrogens (tertiary/aromatic N) is 4. The normalized spacial score (nSPS) is 16.0. The van der Waals surface area contributed by atoms with Crippen LogP contribution in [0.25, 0.3) is 11.3 Å². The minimum atomic E-state index is -0.828. The number of piperazine rings is 1. The fourth-order valence-electron chi connectivity index (χ4n) is 2.83. The van der Waals surface area contributed by atoms with Gasteiger partial charge in [0.15, 0.2) is 0 Å². The number of hydrogen-bond acceptors (Lipinski definition) is 3. The number of carbonyl (C=O) groups is 1. The molecular formula is C16H20N4O2. The fraction of sp³-hybridized carbons (Fsp3) is 0.375. The van der Waals surface area contributed by atoms with Gasteiger partial charge in [-0.3, -0.25) is 9.58 Å². The Hall–Kier alpha value is -2.34. The van der Waals surface area contributed by atoms with Crippen molar-refractivity contribution in [2.24, 2.45) is 7.05 Å². The zero-order valence-electron chi connectivity index (χ0n) is 12.6. The highest BCUT2D eigenvalue weighted by Gasteiger charge is 2.21. The Morgan fingerprint density at radius 3 is 2.50 bits per heavy atom. The molecule has 0 aliphatic carbocycles. The molecule has 0 spiro atoms. The van der Waals surface area contributed by atoms with E-state index in [-0.39, 0.29) is 0 Å². The molecule has 1 aliphatic rings. The summed E-state index contributed by atoms with van der Waals surface area (Å²) < 4.78 is 1.84. The number of carboxylic acid groups (broad SMARTS) is 1. The molecule has 0 saturated carbocycles. The maximum Gasteiger partial charge on any atom is 0.407 e. The van der Waals surface area contributed by atoms with E-state index in [1.807, 2.05) is 36.1 Å². The van der Waals surface area contributed by atoms with Gasteiger partial charge in [-0.1, -0.05) is 30.3 Å². The summed E-state index contributed by atoms with van der Waals surface area (Å²) in [6.07, 6.45) is 1.22. The number of hydrogen-bond donors (Lipinski definition) is 1. The van der Waals surface area contributed by atoms with Crippen LogP contribution in [0.1, 0.15) is 5.56 Å². The maximum atomic E-state index is 11.0. The van der Waals surface area contributed by atoms with Gasteiger partial charge in [-0.15, -0.1) is 0 Å².